The van der Waals surface area contributed by atoms with Crippen molar-refractivity contribution in [2.75, 3.05) is 9.80 Å². The fraction of sp³-hybridized carbons (Fsp3) is 0. The molecule has 2 aliphatic rings. The number of hydrogen-bond donors (Lipinski definition) is 0. The largest absolute Gasteiger partial charge is 0.455 e. The van der Waals surface area contributed by atoms with Gasteiger partial charge in [0.15, 0.2) is 0 Å². The molecule has 21 aromatic rings. The van der Waals surface area contributed by atoms with Gasteiger partial charge >= 0.3 is 0 Å². The molecular formula is C104H64BN3O2. The Morgan fingerprint density at radius 2 is 0.591 bits per heavy atom. The predicted molar refractivity (Wildman–Crippen MR) is 462 cm³/mol. The van der Waals surface area contributed by atoms with Gasteiger partial charge in [-0.2, -0.15) is 0 Å². The lowest BCUT2D eigenvalue weighted by molar-refractivity contribution is 0.669. The minimum absolute atomic E-state index is 0.345. The van der Waals surface area contributed by atoms with Crippen molar-refractivity contribution in [2.24, 2.45) is 0 Å². The van der Waals surface area contributed by atoms with Gasteiger partial charge in [-0.05, 0) is 125 Å². The Morgan fingerprint density at radius 3 is 1.08 bits per heavy atom. The fourth-order valence-corrected chi connectivity index (χ4v) is 18.7. The Labute approximate surface area is 635 Å². The predicted octanol–water partition coefficient (Wildman–Crippen LogP) is 26.6. The van der Waals surface area contributed by atoms with Gasteiger partial charge in [0, 0.05) is 94.0 Å². The van der Waals surface area contributed by atoms with Crippen molar-refractivity contribution in [1.82, 2.24) is 4.57 Å². The lowest BCUT2D eigenvalue weighted by Crippen LogP contribution is -2.61. The summed E-state index contributed by atoms with van der Waals surface area (Å²) in [6.45, 7) is -0.345. The maximum absolute atomic E-state index is 7.02. The number of benzene rings is 18. The Kier molecular flexibility index (Phi) is 13.8. The molecular weight excluding hydrogens is 1330 g/mol. The molecule has 6 heteroatoms. The van der Waals surface area contributed by atoms with Gasteiger partial charge in [0.25, 0.3) is 6.71 Å². The molecule has 2 aliphatic heterocycles. The third kappa shape index (κ3) is 9.30. The Morgan fingerprint density at radius 1 is 0.218 bits per heavy atom. The molecule has 0 aliphatic carbocycles. The van der Waals surface area contributed by atoms with E-state index in [9.17, 15) is 0 Å². The summed E-state index contributed by atoms with van der Waals surface area (Å²) in [5, 5.41) is 11.4. The zero-order valence-electron chi connectivity index (χ0n) is 59.7. The highest BCUT2D eigenvalue weighted by molar-refractivity contribution is 7.00. The van der Waals surface area contributed by atoms with Crippen LogP contribution < -0.4 is 26.2 Å². The zero-order chi connectivity index (χ0) is 72.1. The normalized spacial score (nSPS) is 12.5. The number of hydrogen-bond acceptors (Lipinski definition) is 4. The molecule has 110 heavy (non-hydrogen) atoms. The molecule has 0 saturated heterocycles. The Hall–Kier alpha value is -14.5. The molecule has 510 valence electrons. The zero-order valence-corrected chi connectivity index (χ0v) is 59.7. The second-order valence-corrected chi connectivity index (χ2v) is 29.2. The second kappa shape index (κ2) is 24.6. The quantitative estimate of drug-likeness (QED) is 0.101. The molecule has 5 nitrogen and oxygen atoms in total. The molecule has 0 radical (unpaired) electrons. The Balaban J connectivity index is 0.892. The van der Waals surface area contributed by atoms with Crippen molar-refractivity contribution >= 4 is 144 Å². The molecule has 0 unspecified atom stereocenters. The molecule has 0 amide bonds. The number of fused-ring (bicyclic) bond motifs is 15. The van der Waals surface area contributed by atoms with Gasteiger partial charge in [0.05, 0.1) is 28.1 Å². The van der Waals surface area contributed by atoms with Crippen LogP contribution in [-0.4, -0.2) is 11.3 Å². The van der Waals surface area contributed by atoms with E-state index in [4.69, 9.17) is 8.83 Å². The summed E-state index contributed by atoms with van der Waals surface area (Å²) in [4.78, 5) is 5.35. The maximum atomic E-state index is 7.02. The molecule has 5 heterocycles. The maximum Gasteiger partial charge on any atom is 0.252 e. The minimum atomic E-state index is -0.345. The molecule has 0 fully saturated rings. The van der Waals surface area contributed by atoms with Crippen molar-refractivity contribution < 1.29 is 8.83 Å². The SMILES string of the molecule is c1ccc(-c2cccc(-c3ccccc3)c2N2c3ccc(-c4cccc5c4oc4ccccc45)cc3B3c4ccc(-c5c6ccccc6c(-c6cccc7c6oc6ccccc67)c6ccccc56)cc4N(c4c(-c5ccccc5)cccc4-c4ccccc4)c4cc(-n5c6ccccc6c6ccccc65)cc2c43)cc1. The van der Waals surface area contributed by atoms with E-state index in [2.05, 4.69) is 403 Å². The highest BCUT2D eigenvalue weighted by atomic mass is 16.3. The van der Waals surface area contributed by atoms with Crippen LogP contribution in [0.25, 0.3) is 171 Å². The van der Waals surface area contributed by atoms with Crippen LogP contribution in [0.2, 0.25) is 0 Å². The smallest absolute Gasteiger partial charge is 0.252 e. The molecule has 23 rings (SSSR count). The summed E-state index contributed by atoms with van der Waals surface area (Å²) in [6.07, 6.45) is 0. The van der Waals surface area contributed by atoms with E-state index in [0.717, 1.165) is 194 Å². The monoisotopic (exact) mass is 1400 g/mol. The van der Waals surface area contributed by atoms with Crippen LogP contribution in [0, 0.1) is 0 Å². The van der Waals surface area contributed by atoms with E-state index in [1.165, 1.54) is 27.2 Å². The van der Waals surface area contributed by atoms with Crippen LogP contribution in [0.3, 0.4) is 0 Å². The summed E-state index contributed by atoms with van der Waals surface area (Å²) < 4.78 is 16.5. The minimum Gasteiger partial charge on any atom is -0.455 e. The number of aromatic nitrogens is 1. The van der Waals surface area contributed by atoms with Crippen LogP contribution in [-0.2, 0) is 0 Å². The van der Waals surface area contributed by atoms with Crippen LogP contribution in [0.15, 0.2) is 397 Å². The van der Waals surface area contributed by atoms with E-state index >= 15 is 0 Å². The highest BCUT2D eigenvalue weighted by Gasteiger charge is 2.46. The van der Waals surface area contributed by atoms with Crippen molar-refractivity contribution in [2.45, 2.75) is 0 Å². The third-order valence-electron chi connectivity index (χ3n) is 23.4. The van der Waals surface area contributed by atoms with Crippen molar-refractivity contribution in [3.8, 4) is 83.6 Å². The van der Waals surface area contributed by atoms with Crippen LogP contribution in [0.4, 0.5) is 34.1 Å². The van der Waals surface area contributed by atoms with E-state index in [-0.39, 0.29) is 6.71 Å². The first-order valence-corrected chi connectivity index (χ1v) is 37.9. The number of anilines is 6. The molecule has 0 N–H and O–H groups in total. The third-order valence-corrected chi connectivity index (χ3v) is 23.4. The molecule has 0 spiro atoms. The summed E-state index contributed by atoms with van der Waals surface area (Å²) in [6, 6.07) is 144. The van der Waals surface area contributed by atoms with E-state index in [1.807, 2.05) is 0 Å². The van der Waals surface area contributed by atoms with Crippen molar-refractivity contribution in [1.29, 1.82) is 0 Å². The first-order chi connectivity index (χ1) is 54.6. The standard InChI is InChI=1S/C104H64BN3O2/c1-5-29-65(30-6-1)72-45-25-46-73(66-31-7-2-8-32-66)101(72)107-92-60-58-69(76-49-27-50-85-79-39-19-23-55-96(79)109-103(76)85)61-89(92)105-88-59-57-70(98-81-41-13-15-43-83(81)99(84-44-16-14-42-82(84)98)87-52-28-51-86-80-40-20-24-56-97(80)110-104(86)87)62-93(88)108(102-74(67-33-9-3-10-34-67)47-26-48-75(102)68-35-11-4-12-36-68)95-64-71(63-94(107)100(95)105)106-90-53-21-17-37-77(90)78-38-18-22-54-91(78)106/h1-64H. The number of nitrogens with zero attached hydrogens (tertiary/aromatic N) is 3. The average molecular weight is 1400 g/mol. The van der Waals surface area contributed by atoms with Gasteiger partial charge < -0.3 is 23.2 Å². The molecule has 3 aromatic heterocycles. The van der Waals surface area contributed by atoms with E-state index in [0.29, 0.717) is 0 Å². The van der Waals surface area contributed by atoms with Gasteiger partial charge in [0.2, 0.25) is 0 Å². The summed E-state index contributed by atoms with van der Waals surface area (Å²) in [7, 11) is 0. The van der Waals surface area contributed by atoms with Gasteiger partial charge in [-0.15, -0.1) is 0 Å². The number of rotatable bonds is 10. The van der Waals surface area contributed by atoms with Crippen LogP contribution >= 0.6 is 0 Å². The summed E-state index contributed by atoms with van der Waals surface area (Å²) >= 11 is 0. The van der Waals surface area contributed by atoms with Crippen LogP contribution in [0.1, 0.15) is 0 Å². The number of para-hydroxylation sites is 8. The molecule has 0 saturated carbocycles. The number of furan rings is 2. The topological polar surface area (TPSA) is 37.7 Å². The lowest BCUT2D eigenvalue weighted by Gasteiger charge is -2.46. The average Bonchev–Trinajstić information content (AvgIpc) is 0.688. The van der Waals surface area contributed by atoms with Crippen molar-refractivity contribution in [3.63, 3.8) is 0 Å². The fourth-order valence-electron chi connectivity index (χ4n) is 18.7. The van der Waals surface area contributed by atoms with Crippen molar-refractivity contribution in [3.05, 3.63) is 388 Å². The molecule has 18 aromatic carbocycles. The van der Waals surface area contributed by atoms with E-state index in [1.54, 1.807) is 0 Å². The molecule has 0 bridgehead atoms. The van der Waals surface area contributed by atoms with Gasteiger partial charge in [0.1, 0.15) is 22.3 Å². The lowest BCUT2D eigenvalue weighted by atomic mass is 9.33. The van der Waals surface area contributed by atoms with Gasteiger partial charge in [-0.1, -0.05) is 340 Å². The first kappa shape index (κ1) is 61.8. The van der Waals surface area contributed by atoms with E-state index < -0.39 is 0 Å². The van der Waals surface area contributed by atoms with Crippen LogP contribution in [0.5, 0.6) is 0 Å². The first-order valence-electron chi connectivity index (χ1n) is 37.9. The summed E-state index contributed by atoms with van der Waals surface area (Å²) in [5.74, 6) is 0. The second-order valence-electron chi connectivity index (χ2n) is 29.2. The summed E-state index contributed by atoms with van der Waals surface area (Å²) in [5.41, 5.74) is 32.2. The highest BCUT2D eigenvalue weighted by Crippen LogP contribution is 2.56. The Bertz CT molecular complexity index is 7140. The molecule has 0 atom stereocenters. The van der Waals surface area contributed by atoms with Gasteiger partial charge in [-0.3, -0.25) is 0 Å². The van der Waals surface area contributed by atoms with Gasteiger partial charge in [-0.25, -0.2) is 0 Å².